The maximum atomic E-state index is 14.5. The Hall–Kier alpha value is -4.41. The lowest BCUT2D eigenvalue weighted by atomic mass is 10.0. The second kappa shape index (κ2) is 16.9. The smallest absolute Gasteiger partial charge is 0.264 e. The Morgan fingerprint density at radius 1 is 0.872 bits per heavy atom. The molecule has 1 N–H and O–H groups in total. The van der Waals surface area contributed by atoms with Crippen LogP contribution in [0.3, 0.4) is 0 Å². The van der Waals surface area contributed by atoms with Gasteiger partial charge in [0, 0.05) is 24.5 Å². The minimum atomic E-state index is -4.37. The fourth-order valence-electron chi connectivity index (χ4n) is 4.98. The van der Waals surface area contributed by atoms with Gasteiger partial charge in [0.25, 0.3) is 10.0 Å². The van der Waals surface area contributed by atoms with Gasteiger partial charge in [-0.2, -0.15) is 0 Å². The van der Waals surface area contributed by atoms with Crippen molar-refractivity contribution in [1.82, 2.24) is 10.2 Å². The van der Waals surface area contributed by atoms with Crippen LogP contribution < -0.4 is 14.4 Å². The van der Waals surface area contributed by atoms with Gasteiger partial charge in [-0.05, 0) is 85.1 Å². The second-order valence-corrected chi connectivity index (χ2v) is 13.2. The van der Waals surface area contributed by atoms with Gasteiger partial charge in [-0.15, -0.1) is 0 Å². The molecule has 248 valence electrons. The summed E-state index contributed by atoms with van der Waals surface area (Å²) >= 11 is 6.14. The van der Waals surface area contributed by atoms with Crippen LogP contribution in [0.4, 0.5) is 10.1 Å². The average Bonchev–Trinajstić information content (AvgIpc) is 3.07. The van der Waals surface area contributed by atoms with E-state index in [1.165, 1.54) is 4.90 Å². The zero-order valence-corrected chi connectivity index (χ0v) is 28.0. The third kappa shape index (κ3) is 9.79. The molecule has 0 aliphatic carbocycles. The molecule has 0 radical (unpaired) electrons. The van der Waals surface area contributed by atoms with Gasteiger partial charge in [-0.3, -0.25) is 13.9 Å². The van der Waals surface area contributed by atoms with Crippen molar-refractivity contribution in [3.05, 3.63) is 125 Å². The highest BCUT2D eigenvalue weighted by Crippen LogP contribution is 2.27. The molecule has 4 rings (SSSR count). The van der Waals surface area contributed by atoms with Gasteiger partial charge in [0.2, 0.25) is 11.8 Å². The number of halogens is 2. The highest BCUT2D eigenvalue weighted by atomic mass is 35.5. The van der Waals surface area contributed by atoms with E-state index in [1.807, 2.05) is 44.2 Å². The molecule has 4 aromatic rings. The first kappa shape index (κ1) is 35.4. The molecule has 0 fully saturated rings. The number of ether oxygens (including phenoxy) is 1. The van der Waals surface area contributed by atoms with Crippen LogP contribution >= 0.6 is 11.6 Å². The van der Waals surface area contributed by atoms with Crippen molar-refractivity contribution in [1.29, 1.82) is 0 Å². The number of carbonyl (C=O) groups is 2. The van der Waals surface area contributed by atoms with E-state index in [0.29, 0.717) is 29.5 Å². The molecule has 0 unspecified atom stereocenters. The molecule has 0 aromatic heterocycles. The summed E-state index contributed by atoms with van der Waals surface area (Å²) in [4.78, 5) is 29.5. The molecule has 0 aliphatic rings. The van der Waals surface area contributed by atoms with Crippen molar-refractivity contribution in [2.24, 2.45) is 0 Å². The van der Waals surface area contributed by atoms with Crippen LogP contribution in [0.1, 0.15) is 37.8 Å². The molecule has 4 aromatic carbocycles. The van der Waals surface area contributed by atoms with Gasteiger partial charge in [0.05, 0.1) is 17.2 Å². The van der Waals surface area contributed by atoms with E-state index in [-0.39, 0.29) is 29.5 Å². The van der Waals surface area contributed by atoms with Gasteiger partial charge < -0.3 is 15.0 Å². The summed E-state index contributed by atoms with van der Waals surface area (Å²) in [6.07, 6.45) is 1.83. The fourth-order valence-corrected chi connectivity index (χ4v) is 6.52. The Kier molecular flexibility index (Phi) is 12.8. The van der Waals surface area contributed by atoms with Crippen molar-refractivity contribution in [2.75, 3.05) is 24.0 Å². The summed E-state index contributed by atoms with van der Waals surface area (Å²) < 4.78 is 48.5. The molecule has 0 saturated carbocycles. The minimum Gasteiger partial charge on any atom is -0.494 e. The number of amides is 2. The lowest BCUT2D eigenvalue weighted by Crippen LogP contribution is -2.53. The third-order valence-electron chi connectivity index (χ3n) is 7.48. The number of benzene rings is 4. The number of nitrogens with zero attached hydrogens (tertiary/aromatic N) is 2. The summed E-state index contributed by atoms with van der Waals surface area (Å²) in [7, 11) is -4.37. The summed E-state index contributed by atoms with van der Waals surface area (Å²) in [5.41, 5.74) is 1.74. The van der Waals surface area contributed by atoms with Crippen molar-refractivity contribution in [2.45, 2.75) is 50.6 Å². The Balaban J connectivity index is 1.78. The number of unbranched alkanes of at least 4 members (excludes halogenated alkanes) is 1. The molecule has 47 heavy (non-hydrogen) atoms. The van der Waals surface area contributed by atoms with Crippen LogP contribution in [0.5, 0.6) is 5.75 Å². The second-order valence-electron chi connectivity index (χ2n) is 10.9. The van der Waals surface area contributed by atoms with Gasteiger partial charge in [0.1, 0.15) is 24.2 Å². The van der Waals surface area contributed by atoms with Crippen LogP contribution in [0, 0.1) is 5.82 Å². The van der Waals surface area contributed by atoms with Crippen molar-refractivity contribution in [3.63, 3.8) is 0 Å². The number of carbonyl (C=O) groups excluding carboxylic acids is 2. The molecule has 8 nitrogen and oxygen atoms in total. The standard InChI is InChI=1S/C36H39ClFN3O5S/c1-3-5-23-39-36(43)34(24-27-9-7-6-8-10-27)40(25-28-11-13-29(37)14-12-28)35(42)26-41(31-17-19-32(20-18-31)46-4-2)47(44,45)33-21-15-30(38)16-22-33/h6-22,34H,3-5,23-26H2,1-2H3,(H,39,43)/t34-/m1/s1. The van der Waals surface area contributed by atoms with Gasteiger partial charge in [-0.25, -0.2) is 12.8 Å². The Morgan fingerprint density at radius 3 is 2.15 bits per heavy atom. The lowest BCUT2D eigenvalue weighted by Gasteiger charge is -2.34. The van der Waals surface area contributed by atoms with Crippen molar-refractivity contribution >= 4 is 39.1 Å². The van der Waals surface area contributed by atoms with Gasteiger partial charge in [-0.1, -0.05) is 67.4 Å². The van der Waals surface area contributed by atoms with Gasteiger partial charge >= 0.3 is 0 Å². The SMILES string of the molecule is CCCCNC(=O)[C@@H](Cc1ccccc1)N(Cc1ccc(Cl)cc1)C(=O)CN(c1ccc(OCC)cc1)S(=O)(=O)c1ccc(F)cc1. The molecule has 2 amide bonds. The molecule has 0 aliphatic heterocycles. The van der Waals surface area contributed by atoms with Crippen LogP contribution in [-0.2, 0) is 32.6 Å². The number of hydrogen-bond acceptors (Lipinski definition) is 5. The van der Waals surface area contributed by atoms with Crippen LogP contribution in [-0.4, -0.2) is 50.9 Å². The largest absolute Gasteiger partial charge is 0.494 e. The van der Waals surface area contributed by atoms with E-state index >= 15 is 0 Å². The zero-order valence-electron chi connectivity index (χ0n) is 26.4. The minimum absolute atomic E-state index is 0.0163. The van der Waals surface area contributed by atoms with E-state index in [2.05, 4.69) is 5.32 Å². The van der Waals surface area contributed by atoms with Crippen LogP contribution in [0.2, 0.25) is 5.02 Å². The maximum Gasteiger partial charge on any atom is 0.264 e. The highest BCUT2D eigenvalue weighted by Gasteiger charge is 2.34. The molecule has 1 atom stereocenters. The first-order chi connectivity index (χ1) is 22.6. The molecular weight excluding hydrogens is 641 g/mol. The van der Waals surface area contributed by atoms with Crippen molar-refractivity contribution < 1.29 is 27.1 Å². The summed E-state index contributed by atoms with van der Waals surface area (Å²) in [5, 5.41) is 3.47. The Labute approximate surface area is 281 Å². The number of sulfonamides is 1. The fraction of sp³-hybridized carbons (Fsp3) is 0.278. The lowest BCUT2D eigenvalue weighted by molar-refractivity contribution is -0.140. The van der Waals surface area contributed by atoms with E-state index in [0.717, 1.165) is 47.0 Å². The normalized spacial score (nSPS) is 11.8. The predicted octanol–water partition coefficient (Wildman–Crippen LogP) is 6.63. The summed E-state index contributed by atoms with van der Waals surface area (Å²) in [5.74, 6) is -1.03. The van der Waals surface area contributed by atoms with Gasteiger partial charge in [0.15, 0.2) is 0 Å². The molecular formula is C36H39ClFN3O5S. The quantitative estimate of drug-likeness (QED) is 0.134. The molecule has 0 heterocycles. The maximum absolute atomic E-state index is 14.5. The first-order valence-corrected chi connectivity index (χ1v) is 17.3. The number of hydrogen-bond donors (Lipinski definition) is 1. The Bertz CT molecular complexity index is 1700. The molecule has 0 bridgehead atoms. The predicted molar refractivity (Wildman–Crippen MR) is 182 cm³/mol. The topological polar surface area (TPSA) is 96.0 Å². The van der Waals surface area contributed by atoms with E-state index in [9.17, 15) is 22.4 Å². The summed E-state index contributed by atoms with van der Waals surface area (Å²) in [6.45, 7) is 4.08. The molecule has 0 saturated heterocycles. The summed E-state index contributed by atoms with van der Waals surface area (Å²) in [6, 6.07) is 26.0. The van der Waals surface area contributed by atoms with Crippen LogP contribution in [0.25, 0.3) is 0 Å². The zero-order chi connectivity index (χ0) is 33.8. The number of nitrogens with one attached hydrogen (secondary N) is 1. The molecule has 11 heteroatoms. The number of anilines is 1. The monoisotopic (exact) mass is 679 g/mol. The van der Waals surface area contributed by atoms with E-state index < -0.39 is 34.3 Å². The first-order valence-electron chi connectivity index (χ1n) is 15.5. The average molecular weight is 680 g/mol. The van der Waals surface area contributed by atoms with Crippen molar-refractivity contribution in [3.8, 4) is 5.75 Å². The van der Waals surface area contributed by atoms with Crippen LogP contribution in [0.15, 0.2) is 108 Å². The number of rotatable bonds is 16. The molecule has 0 spiro atoms. The Morgan fingerprint density at radius 2 is 1.53 bits per heavy atom. The van der Waals surface area contributed by atoms with E-state index in [4.69, 9.17) is 16.3 Å². The van der Waals surface area contributed by atoms with E-state index in [1.54, 1.807) is 48.5 Å². The third-order valence-corrected chi connectivity index (χ3v) is 9.52. The highest BCUT2D eigenvalue weighted by molar-refractivity contribution is 7.92.